The van der Waals surface area contributed by atoms with Crippen molar-refractivity contribution in [3.63, 3.8) is 0 Å². The summed E-state index contributed by atoms with van der Waals surface area (Å²) in [6, 6.07) is 10.2. The van der Waals surface area contributed by atoms with Gasteiger partial charge in [-0.05, 0) is 36.8 Å². The molecular weight excluding hydrogens is 408 g/mol. The molecule has 3 rings (SSSR count). The van der Waals surface area contributed by atoms with Gasteiger partial charge in [0.2, 0.25) is 0 Å². The molecule has 6 heteroatoms. The lowest BCUT2D eigenvalue weighted by Gasteiger charge is -2.39. The van der Waals surface area contributed by atoms with Crippen molar-refractivity contribution in [2.45, 2.75) is 82.8 Å². The number of nitriles is 1. The standard InChI is InChI=1S/C25H34N2O3S/c1-5-6-7-10-13-27-21-11-8-9-12-22(21)31-23(27)20(17-26)24(28)30-19-14-18(29-4)15-25(2,3)16-19/h8-9,11-12,18-19H,5-7,10,13-16H2,1-4H3/b23-20-. The zero-order valence-corrected chi connectivity index (χ0v) is 20.0. The smallest absolute Gasteiger partial charge is 0.351 e. The Bertz CT molecular complexity index is 859. The van der Waals surface area contributed by atoms with Gasteiger partial charge in [-0.2, -0.15) is 5.26 Å². The number of fused-ring (bicyclic) bond motifs is 1. The number of unbranched alkanes of at least 4 members (excludes halogenated alkanes) is 3. The van der Waals surface area contributed by atoms with E-state index in [4.69, 9.17) is 9.47 Å². The molecule has 0 saturated heterocycles. The van der Waals surface area contributed by atoms with Crippen LogP contribution in [0, 0.1) is 16.7 Å². The summed E-state index contributed by atoms with van der Waals surface area (Å²) in [5, 5.41) is 10.6. The van der Waals surface area contributed by atoms with E-state index < -0.39 is 5.97 Å². The van der Waals surface area contributed by atoms with Crippen molar-refractivity contribution >= 4 is 23.4 Å². The van der Waals surface area contributed by atoms with Crippen LogP contribution in [0.25, 0.3) is 0 Å². The van der Waals surface area contributed by atoms with E-state index in [0.717, 1.165) is 42.8 Å². The number of nitrogens with zero attached hydrogens (tertiary/aromatic N) is 2. The van der Waals surface area contributed by atoms with Gasteiger partial charge in [-0.3, -0.25) is 0 Å². The van der Waals surface area contributed by atoms with Crippen molar-refractivity contribution in [1.29, 1.82) is 5.26 Å². The van der Waals surface area contributed by atoms with Gasteiger partial charge < -0.3 is 14.4 Å². The number of ether oxygens (including phenoxy) is 2. The van der Waals surface area contributed by atoms with Gasteiger partial charge in [0.25, 0.3) is 0 Å². The second-order valence-corrected chi connectivity index (χ2v) is 10.3. The third-order valence-electron chi connectivity index (χ3n) is 6.07. The molecule has 2 unspecified atom stereocenters. The summed E-state index contributed by atoms with van der Waals surface area (Å²) in [7, 11) is 1.70. The number of rotatable bonds is 8. The van der Waals surface area contributed by atoms with Crippen molar-refractivity contribution in [2.75, 3.05) is 18.6 Å². The van der Waals surface area contributed by atoms with Crippen LogP contribution in [0.15, 0.2) is 39.8 Å². The fourth-order valence-electron chi connectivity index (χ4n) is 4.58. The minimum atomic E-state index is -0.520. The number of anilines is 1. The molecule has 1 heterocycles. The first-order valence-electron chi connectivity index (χ1n) is 11.3. The van der Waals surface area contributed by atoms with Crippen LogP contribution < -0.4 is 4.90 Å². The summed E-state index contributed by atoms with van der Waals surface area (Å²) in [5.41, 5.74) is 1.21. The third kappa shape index (κ3) is 5.84. The monoisotopic (exact) mass is 442 g/mol. The Morgan fingerprint density at radius 2 is 1.97 bits per heavy atom. The predicted molar refractivity (Wildman–Crippen MR) is 125 cm³/mol. The predicted octanol–water partition coefficient (Wildman–Crippen LogP) is 6.05. The molecule has 0 aromatic heterocycles. The highest BCUT2D eigenvalue weighted by molar-refractivity contribution is 8.03. The summed E-state index contributed by atoms with van der Waals surface area (Å²) in [6.07, 6.45) is 6.74. The number of esters is 1. The molecule has 2 atom stereocenters. The highest BCUT2D eigenvalue weighted by atomic mass is 32.2. The number of hydrogen-bond acceptors (Lipinski definition) is 6. The molecule has 1 aromatic carbocycles. The van der Waals surface area contributed by atoms with Crippen LogP contribution in [0.4, 0.5) is 5.69 Å². The number of methoxy groups -OCH3 is 1. The maximum Gasteiger partial charge on any atom is 0.351 e. The maximum atomic E-state index is 13.1. The molecule has 1 aliphatic carbocycles. The first kappa shape index (κ1) is 23.7. The van der Waals surface area contributed by atoms with Gasteiger partial charge in [-0.1, -0.05) is 63.9 Å². The van der Waals surface area contributed by atoms with E-state index >= 15 is 0 Å². The van der Waals surface area contributed by atoms with Crippen LogP contribution in [-0.2, 0) is 14.3 Å². The van der Waals surface area contributed by atoms with Crippen LogP contribution >= 0.6 is 11.8 Å². The zero-order valence-electron chi connectivity index (χ0n) is 19.1. The average Bonchev–Trinajstić information content (AvgIpc) is 3.08. The molecule has 1 aromatic rings. The van der Waals surface area contributed by atoms with Crippen LogP contribution in [-0.4, -0.2) is 31.8 Å². The largest absolute Gasteiger partial charge is 0.458 e. The molecule has 0 N–H and O–H groups in total. The molecule has 0 spiro atoms. The van der Waals surface area contributed by atoms with E-state index in [0.29, 0.717) is 11.4 Å². The number of carbonyl (C=O) groups is 1. The van der Waals surface area contributed by atoms with E-state index in [1.807, 2.05) is 18.2 Å². The van der Waals surface area contributed by atoms with Gasteiger partial charge in [0.15, 0.2) is 5.57 Å². The molecule has 1 aliphatic heterocycles. The van der Waals surface area contributed by atoms with Gasteiger partial charge in [0.05, 0.1) is 11.8 Å². The maximum absolute atomic E-state index is 13.1. The van der Waals surface area contributed by atoms with Crippen molar-refractivity contribution in [2.24, 2.45) is 5.41 Å². The van der Waals surface area contributed by atoms with Gasteiger partial charge in [-0.25, -0.2) is 4.79 Å². The topological polar surface area (TPSA) is 62.6 Å². The number of benzene rings is 1. The summed E-state index contributed by atoms with van der Waals surface area (Å²) < 4.78 is 11.4. The molecule has 0 radical (unpaired) electrons. The van der Waals surface area contributed by atoms with Crippen LogP contribution in [0.5, 0.6) is 0 Å². The molecular formula is C25H34N2O3S. The molecule has 5 nitrogen and oxygen atoms in total. The minimum Gasteiger partial charge on any atom is -0.458 e. The SMILES string of the molecule is CCCCCCN1/C(=C(\C#N)C(=O)OC2CC(OC)CC(C)(C)C2)Sc2ccccc21. The number of para-hydroxylation sites is 1. The molecule has 31 heavy (non-hydrogen) atoms. The molecule has 1 saturated carbocycles. The van der Waals surface area contributed by atoms with Crippen molar-refractivity contribution < 1.29 is 14.3 Å². The van der Waals surface area contributed by atoms with Crippen LogP contribution in [0.1, 0.15) is 65.7 Å². The first-order chi connectivity index (χ1) is 14.9. The Balaban J connectivity index is 1.81. The van der Waals surface area contributed by atoms with Crippen molar-refractivity contribution in [1.82, 2.24) is 0 Å². The highest BCUT2D eigenvalue weighted by Gasteiger charge is 2.38. The average molecular weight is 443 g/mol. The lowest BCUT2D eigenvalue weighted by molar-refractivity contribution is -0.150. The second kappa shape index (κ2) is 10.6. The van der Waals surface area contributed by atoms with E-state index in [1.165, 1.54) is 24.6 Å². The molecule has 0 amide bonds. The van der Waals surface area contributed by atoms with Crippen molar-refractivity contribution in [3.05, 3.63) is 34.9 Å². The lowest BCUT2D eigenvalue weighted by atomic mass is 9.74. The van der Waals surface area contributed by atoms with E-state index in [-0.39, 0.29) is 23.2 Å². The Morgan fingerprint density at radius 1 is 1.23 bits per heavy atom. The molecule has 168 valence electrons. The highest BCUT2D eigenvalue weighted by Crippen LogP contribution is 2.47. The van der Waals surface area contributed by atoms with Gasteiger partial charge in [0, 0.05) is 25.0 Å². The van der Waals surface area contributed by atoms with Crippen LogP contribution in [0.2, 0.25) is 0 Å². The third-order valence-corrected chi connectivity index (χ3v) is 7.25. The second-order valence-electron chi connectivity index (χ2n) is 9.27. The molecule has 2 aliphatic rings. The van der Waals surface area contributed by atoms with E-state index in [1.54, 1.807) is 7.11 Å². The van der Waals surface area contributed by atoms with Gasteiger partial charge in [0.1, 0.15) is 17.2 Å². The number of carbonyl (C=O) groups excluding carboxylic acids is 1. The number of thioether (sulfide) groups is 1. The van der Waals surface area contributed by atoms with E-state index in [2.05, 4.69) is 37.8 Å². The Kier molecular flexibility index (Phi) is 8.07. The quantitative estimate of drug-likeness (QED) is 0.211. The lowest BCUT2D eigenvalue weighted by Crippen LogP contribution is -2.38. The first-order valence-corrected chi connectivity index (χ1v) is 12.1. The Labute approximate surface area is 190 Å². The molecule has 1 fully saturated rings. The number of hydrogen-bond donors (Lipinski definition) is 0. The fraction of sp³-hybridized carbons (Fsp3) is 0.600. The normalized spacial score (nSPS) is 23.8. The zero-order chi connectivity index (χ0) is 22.4. The van der Waals surface area contributed by atoms with E-state index in [9.17, 15) is 10.1 Å². The summed E-state index contributed by atoms with van der Waals surface area (Å²) in [6.45, 7) is 7.32. The molecule has 0 bridgehead atoms. The van der Waals surface area contributed by atoms with Crippen molar-refractivity contribution in [3.8, 4) is 6.07 Å². The Morgan fingerprint density at radius 3 is 2.68 bits per heavy atom. The van der Waals surface area contributed by atoms with Gasteiger partial charge in [-0.15, -0.1) is 0 Å². The Hall–Kier alpha value is -1.97. The summed E-state index contributed by atoms with van der Waals surface area (Å²) in [4.78, 5) is 16.3. The van der Waals surface area contributed by atoms with Gasteiger partial charge >= 0.3 is 5.97 Å². The minimum absolute atomic E-state index is 0.0352. The fourth-order valence-corrected chi connectivity index (χ4v) is 5.74. The van der Waals surface area contributed by atoms with Crippen LogP contribution in [0.3, 0.4) is 0 Å². The summed E-state index contributed by atoms with van der Waals surface area (Å²) in [5.74, 6) is -0.520. The summed E-state index contributed by atoms with van der Waals surface area (Å²) >= 11 is 1.49.